The van der Waals surface area contributed by atoms with Gasteiger partial charge in [-0.2, -0.15) is 0 Å². The zero-order chi connectivity index (χ0) is 31.5. The van der Waals surface area contributed by atoms with Crippen LogP contribution in [0.3, 0.4) is 0 Å². The molecule has 0 saturated carbocycles. The van der Waals surface area contributed by atoms with E-state index in [9.17, 15) is 4.79 Å². The molecular weight excluding hydrogens is 526 g/mol. The van der Waals surface area contributed by atoms with Gasteiger partial charge in [0.25, 0.3) is 5.97 Å². The average Bonchev–Trinajstić information content (AvgIpc) is 2.94. The Morgan fingerprint density at radius 2 is 1.02 bits per heavy atom. The molecule has 6 heteroatoms. The maximum Gasteiger partial charge on any atom is 0.508 e. The van der Waals surface area contributed by atoms with E-state index in [1.165, 1.54) is 122 Å². The molecule has 0 fully saturated rings. The van der Waals surface area contributed by atoms with Crippen LogP contribution in [0.4, 0.5) is 4.79 Å². The van der Waals surface area contributed by atoms with Crippen LogP contribution in [0.15, 0.2) is 12.2 Å². The lowest BCUT2D eigenvalue weighted by Crippen LogP contribution is -2.21. The zero-order valence-corrected chi connectivity index (χ0v) is 28.6. The van der Waals surface area contributed by atoms with Crippen LogP contribution in [0.2, 0.25) is 0 Å². The molecule has 0 spiro atoms. The molecule has 0 heterocycles. The van der Waals surface area contributed by atoms with Crippen molar-refractivity contribution in [2.45, 2.75) is 181 Å². The third-order valence-corrected chi connectivity index (χ3v) is 7.40. The zero-order valence-electron chi connectivity index (χ0n) is 28.6. The molecule has 0 aromatic carbocycles. The van der Waals surface area contributed by atoms with Gasteiger partial charge in [-0.25, -0.2) is 4.79 Å². The second kappa shape index (κ2) is 35.6. The molecule has 0 saturated heterocycles. The lowest BCUT2D eigenvalue weighted by atomic mass is 10.0. The summed E-state index contributed by atoms with van der Waals surface area (Å²) < 4.78 is 11.1. The van der Waals surface area contributed by atoms with Crippen LogP contribution >= 0.6 is 0 Å². The number of carboxylic acid groups (broad SMARTS) is 1. The van der Waals surface area contributed by atoms with Gasteiger partial charge in [0, 0.05) is 13.5 Å². The van der Waals surface area contributed by atoms with Gasteiger partial charge in [-0.3, -0.25) is 4.79 Å². The van der Waals surface area contributed by atoms with E-state index in [0.717, 1.165) is 45.6 Å². The number of hydrogen-bond donors (Lipinski definition) is 1. The van der Waals surface area contributed by atoms with Crippen molar-refractivity contribution in [1.29, 1.82) is 0 Å². The number of carboxylic acids is 1. The van der Waals surface area contributed by atoms with Crippen molar-refractivity contribution in [2.75, 3.05) is 27.2 Å². The van der Waals surface area contributed by atoms with E-state index < -0.39 is 12.1 Å². The summed E-state index contributed by atoms with van der Waals surface area (Å²) in [4.78, 5) is 23.3. The van der Waals surface area contributed by atoms with E-state index >= 15 is 0 Å². The van der Waals surface area contributed by atoms with Gasteiger partial charge in [-0.1, -0.05) is 122 Å². The molecule has 0 aromatic rings. The average molecular weight is 598 g/mol. The van der Waals surface area contributed by atoms with Gasteiger partial charge in [0.1, 0.15) is 6.10 Å². The number of aliphatic carboxylic acids is 1. The molecule has 0 amide bonds. The van der Waals surface area contributed by atoms with Crippen molar-refractivity contribution in [3.8, 4) is 0 Å². The van der Waals surface area contributed by atoms with Crippen molar-refractivity contribution in [3.05, 3.63) is 12.2 Å². The number of allylic oxidation sites excluding steroid dienone is 2. The summed E-state index contributed by atoms with van der Waals surface area (Å²) in [5.41, 5.74) is 0. The standard InChI is InChI=1S/C34H67NO3.C2H4O2/c1-5-7-9-11-13-15-16-17-18-19-20-21-23-25-27-30-33(29-26-24-22-14-12-10-8-6-2)38-34(36)37-32-28-31-35(3)4;1-2(3)4/h17-18,33H,5-16,19-32H2,1-4H3;1H3,(H,3,4)/b18-17-;. The summed E-state index contributed by atoms with van der Waals surface area (Å²) in [5, 5.41) is 7.42. The Labute approximate surface area is 261 Å². The van der Waals surface area contributed by atoms with E-state index in [-0.39, 0.29) is 6.10 Å². The van der Waals surface area contributed by atoms with Gasteiger partial charge in [0.2, 0.25) is 0 Å². The maximum absolute atomic E-state index is 12.2. The quantitative estimate of drug-likeness (QED) is 0.0525. The van der Waals surface area contributed by atoms with Gasteiger partial charge in [0.15, 0.2) is 0 Å². The summed E-state index contributed by atoms with van der Waals surface area (Å²) >= 11 is 0. The second-order valence-corrected chi connectivity index (χ2v) is 12.2. The minimum Gasteiger partial charge on any atom is -0.481 e. The fraction of sp³-hybridized carbons (Fsp3) is 0.889. The first-order chi connectivity index (χ1) is 20.3. The first kappa shape index (κ1) is 42.6. The molecule has 0 radical (unpaired) electrons. The number of hydrogen-bond acceptors (Lipinski definition) is 5. The van der Waals surface area contributed by atoms with E-state index in [0.29, 0.717) is 6.61 Å². The van der Waals surface area contributed by atoms with E-state index in [1.807, 2.05) is 14.1 Å². The van der Waals surface area contributed by atoms with Gasteiger partial charge in [-0.15, -0.1) is 0 Å². The maximum atomic E-state index is 12.2. The highest BCUT2D eigenvalue weighted by Gasteiger charge is 2.15. The summed E-state index contributed by atoms with van der Waals surface area (Å²) in [6, 6.07) is 0. The number of carbonyl (C=O) groups is 2. The number of ether oxygens (including phenoxy) is 2. The van der Waals surface area contributed by atoms with Crippen LogP contribution in [0.25, 0.3) is 0 Å². The third kappa shape index (κ3) is 40.6. The number of unbranched alkanes of at least 4 members (excludes halogenated alkanes) is 18. The van der Waals surface area contributed by atoms with Gasteiger partial charge in [0.05, 0.1) is 6.61 Å². The highest BCUT2D eigenvalue weighted by molar-refractivity contribution is 5.63. The van der Waals surface area contributed by atoms with Gasteiger partial charge < -0.3 is 19.5 Å². The fourth-order valence-corrected chi connectivity index (χ4v) is 4.92. The molecule has 0 aliphatic heterocycles. The van der Waals surface area contributed by atoms with Crippen LogP contribution < -0.4 is 0 Å². The Balaban J connectivity index is 0. The highest BCUT2D eigenvalue weighted by atomic mass is 16.7. The number of carbonyl (C=O) groups excluding carboxylic acids is 1. The van der Waals surface area contributed by atoms with E-state index in [2.05, 4.69) is 30.9 Å². The Hall–Kier alpha value is -1.56. The summed E-state index contributed by atoms with van der Waals surface area (Å²) in [5.74, 6) is -0.833. The first-order valence-electron chi connectivity index (χ1n) is 17.7. The highest BCUT2D eigenvalue weighted by Crippen LogP contribution is 2.18. The fourth-order valence-electron chi connectivity index (χ4n) is 4.92. The number of nitrogens with zero attached hydrogens (tertiary/aromatic N) is 1. The van der Waals surface area contributed by atoms with Crippen LogP contribution in [0.1, 0.15) is 175 Å². The van der Waals surface area contributed by atoms with Crippen LogP contribution in [0, 0.1) is 0 Å². The predicted molar refractivity (Wildman–Crippen MR) is 179 cm³/mol. The Morgan fingerprint density at radius 1 is 0.643 bits per heavy atom. The molecule has 0 rings (SSSR count). The molecular formula is C36H71NO5. The second-order valence-electron chi connectivity index (χ2n) is 12.2. The third-order valence-electron chi connectivity index (χ3n) is 7.40. The molecule has 1 N–H and O–H groups in total. The monoisotopic (exact) mass is 598 g/mol. The Kier molecular flexibility index (Phi) is 36.1. The predicted octanol–water partition coefficient (Wildman–Crippen LogP) is 11.1. The topological polar surface area (TPSA) is 76.1 Å². The molecule has 6 nitrogen and oxygen atoms in total. The minimum atomic E-state index is -0.833. The van der Waals surface area contributed by atoms with E-state index in [4.69, 9.17) is 19.4 Å². The molecule has 250 valence electrons. The molecule has 0 aliphatic rings. The molecule has 0 bridgehead atoms. The Morgan fingerprint density at radius 3 is 1.43 bits per heavy atom. The first-order valence-corrected chi connectivity index (χ1v) is 17.7. The summed E-state index contributed by atoms with van der Waals surface area (Å²) in [7, 11) is 4.07. The van der Waals surface area contributed by atoms with Crippen molar-refractivity contribution in [3.63, 3.8) is 0 Å². The van der Waals surface area contributed by atoms with Gasteiger partial charge in [-0.05, 0) is 71.9 Å². The van der Waals surface area contributed by atoms with E-state index in [1.54, 1.807) is 0 Å². The van der Waals surface area contributed by atoms with Crippen LogP contribution in [0.5, 0.6) is 0 Å². The minimum absolute atomic E-state index is 0.0151. The van der Waals surface area contributed by atoms with Crippen molar-refractivity contribution >= 4 is 12.1 Å². The largest absolute Gasteiger partial charge is 0.508 e. The summed E-state index contributed by atoms with van der Waals surface area (Å²) in [6.45, 7) is 6.99. The van der Waals surface area contributed by atoms with Gasteiger partial charge >= 0.3 is 6.16 Å². The molecule has 0 aromatic heterocycles. The molecule has 1 unspecified atom stereocenters. The van der Waals surface area contributed by atoms with Crippen LogP contribution in [-0.2, 0) is 14.3 Å². The lowest BCUT2D eigenvalue weighted by Gasteiger charge is -2.18. The molecule has 0 aliphatic carbocycles. The smallest absolute Gasteiger partial charge is 0.481 e. The SMILES string of the molecule is CC(=O)O.CCCCCCCC/C=C\CCCCCCCC(CCCCCCCCCC)OC(=O)OCCCN(C)C. The Bertz CT molecular complexity index is 589. The molecule has 1 atom stereocenters. The van der Waals surface area contributed by atoms with Crippen LogP contribution in [-0.4, -0.2) is 55.5 Å². The van der Waals surface area contributed by atoms with Crippen molar-refractivity contribution in [2.24, 2.45) is 0 Å². The lowest BCUT2D eigenvalue weighted by molar-refractivity contribution is -0.134. The van der Waals surface area contributed by atoms with Crippen molar-refractivity contribution in [1.82, 2.24) is 4.90 Å². The summed E-state index contributed by atoms with van der Waals surface area (Å²) in [6.07, 6.45) is 34.6. The molecule has 42 heavy (non-hydrogen) atoms. The van der Waals surface area contributed by atoms with Crippen molar-refractivity contribution < 1.29 is 24.2 Å². The number of rotatable bonds is 29. The normalized spacial score (nSPS) is 11.9.